The molecule has 0 amide bonds. The van der Waals surface area contributed by atoms with Gasteiger partial charge in [0, 0.05) is 16.7 Å². The van der Waals surface area contributed by atoms with E-state index in [1.165, 1.54) is 41.9 Å². The summed E-state index contributed by atoms with van der Waals surface area (Å²) in [5.74, 6) is 1.92. The zero-order valence-electron chi connectivity index (χ0n) is 11.8. The lowest BCUT2D eigenvalue weighted by Gasteiger charge is -2.24. The molecule has 2 rings (SSSR count). The molecule has 0 bridgehead atoms. The van der Waals surface area contributed by atoms with E-state index in [1.807, 2.05) is 11.8 Å². The van der Waals surface area contributed by atoms with Gasteiger partial charge in [0.1, 0.15) is 0 Å². The normalized spacial score (nSPS) is 17.5. The van der Waals surface area contributed by atoms with Crippen molar-refractivity contribution in [3.05, 3.63) is 29.3 Å². The summed E-state index contributed by atoms with van der Waals surface area (Å²) < 4.78 is 0. The first-order valence-corrected chi connectivity index (χ1v) is 8.17. The fraction of sp³-hybridized carbons (Fsp3) is 0.625. The Morgan fingerprint density at radius 2 is 2.22 bits per heavy atom. The molecule has 0 fully saturated rings. The van der Waals surface area contributed by atoms with E-state index >= 15 is 0 Å². The zero-order chi connectivity index (χ0) is 13.0. The predicted octanol–water partition coefficient (Wildman–Crippen LogP) is 4.22. The Balaban J connectivity index is 2.18. The number of thioether (sulfide) groups is 1. The van der Waals surface area contributed by atoms with Gasteiger partial charge in [-0.05, 0) is 49.9 Å². The first-order chi connectivity index (χ1) is 8.76. The van der Waals surface area contributed by atoms with Crippen molar-refractivity contribution in [2.75, 3.05) is 12.8 Å². The highest BCUT2D eigenvalue weighted by atomic mass is 32.2. The van der Waals surface area contributed by atoms with E-state index in [0.717, 1.165) is 0 Å². The number of nitrogens with one attached hydrogen (secondary N) is 1. The van der Waals surface area contributed by atoms with Crippen molar-refractivity contribution in [3.8, 4) is 0 Å². The SMILES string of the molecule is CCCCC(c1ccc2c(c1)CCS2)C(C)NC. The third-order valence-electron chi connectivity index (χ3n) is 4.07. The lowest BCUT2D eigenvalue weighted by Crippen LogP contribution is -2.29. The third kappa shape index (κ3) is 3.10. The molecule has 1 nitrogen and oxygen atoms in total. The van der Waals surface area contributed by atoms with E-state index in [9.17, 15) is 0 Å². The van der Waals surface area contributed by atoms with Crippen LogP contribution in [0, 0.1) is 0 Å². The summed E-state index contributed by atoms with van der Waals surface area (Å²) in [5, 5.41) is 3.43. The minimum Gasteiger partial charge on any atom is -0.317 e. The number of unbranched alkanes of at least 4 members (excludes halogenated alkanes) is 1. The van der Waals surface area contributed by atoms with E-state index in [0.29, 0.717) is 12.0 Å². The van der Waals surface area contributed by atoms with Gasteiger partial charge in [0.25, 0.3) is 0 Å². The Labute approximate surface area is 116 Å². The molecular formula is C16H25NS. The monoisotopic (exact) mass is 263 g/mol. The number of likely N-dealkylation sites (N-methyl/N-ethyl adjacent to an activating group) is 1. The van der Waals surface area contributed by atoms with Crippen LogP contribution in [0.25, 0.3) is 0 Å². The van der Waals surface area contributed by atoms with Gasteiger partial charge in [0.15, 0.2) is 0 Å². The van der Waals surface area contributed by atoms with Crippen molar-refractivity contribution in [3.63, 3.8) is 0 Å². The van der Waals surface area contributed by atoms with Crippen molar-refractivity contribution in [1.82, 2.24) is 5.32 Å². The molecule has 2 unspecified atom stereocenters. The summed E-state index contributed by atoms with van der Waals surface area (Å²) in [6.45, 7) is 4.59. The van der Waals surface area contributed by atoms with Gasteiger partial charge in [-0.25, -0.2) is 0 Å². The first-order valence-electron chi connectivity index (χ1n) is 7.19. The first kappa shape index (κ1) is 14.0. The van der Waals surface area contributed by atoms with Gasteiger partial charge in [0.05, 0.1) is 0 Å². The molecule has 0 saturated carbocycles. The molecular weight excluding hydrogens is 238 g/mol. The summed E-state index contributed by atoms with van der Waals surface area (Å²) in [5.41, 5.74) is 3.11. The smallest absolute Gasteiger partial charge is 0.0105 e. The van der Waals surface area contributed by atoms with Crippen molar-refractivity contribution < 1.29 is 0 Å². The fourth-order valence-electron chi connectivity index (χ4n) is 2.77. The van der Waals surface area contributed by atoms with Crippen LogP contribution in [0.2, 0.25) is 0 Å². The van der Waals surface area contributed by atoms with E-state index in [1.54, 1.807) is 5.56 Å². The number of fused-ring (bicyclic) bond motifs is 1. The van der Waals surface area contributed by atoms with Gasteiger partial charge < -0.3 is 5.32 Å². The second-order valence-electron chi connectivity index (χ2n) is 5.29. The predicted molar refractivity (Wildman–Crippen MR) is 81.7 cm³/mol. The average Bonchev–Trinajstić information content (AvgIpc) is 2.86. The molecule has 18 heavy (non-hydrogen) atoms. The Morgan fingerprint density at radius 3 is 2.94 bits per heavy atom. The summed E-state index contributed by atoms with van der Waals surface area (Å²) in [7, 11) is 2.08. The van der Waals surface area contributed by atoms with Gasteiger partial charge in [0.2, 0.25) is 0 Å². The molecule has 1 aromatic carbocycles. The highest BCUT2D eigenvalue weighted by Gasteiger charge is 2.20. The molecule has 1 aromatic rings. The fourth-order valence-corrected chi connectivity index (χ4v) is 3.82. The number of benzene rings is 1. The molecule has 2 atom stereocenters. The third-order valence-corrected chi connectivity index (χ3v) is 5.19. The number of hydrogen-bond donors (Lipinski definition) is 1. The van der Waals surface area contributed by atoms with E-state index in [2.05, 4.69) is 44.4 Å². The molecule has 0 spiro atoms. The Kier molecular flexibility index (Phi) is 5.13. The van der Waals surface area contributed by atoms with E-state index in [-0.39, 0.29) is 0 Å². The number of aryl methyl sites for hydroxylation is 1. The summed E-state index contributed by atoms with van der Waals surface area (Å²) in [6, 6.07) is 7.71. The maximum Gasteiger partial charge on any atom is 0.0105 e. The zero-order valence-corrected chi connectivity index (χ0v) is 12.6. The molecule has 1 aliphatic heterocycles. The van der Waals surface area contributed by atoms with Crippen LogP contribution in [0.15, 0.2) is 23.1 Å². The molecule has 0 aromatic heterocycles. The second-order valence-corrected chi connectivity index (χ2v) is 6.43. The van der Waals surface area contributed by atoms with Crippen molar-refractivity contribution >= 4 is 11.8 Å². The Hall–Kier alpha value is -0.470. The van der Waals surface area contributed by atoms with Crippen LogP contribution in [0.1, 0.15) is 50.2 Å². The molecule has 100 valence electrons. The van der Waals surface area contributed by atoms with Crippen LogP contribution in [-0.2, 0) is 6.42 Å². The van der Waals surface area contributed by atoms with Crippen LogP contribution < -0.4 is 5.32 Å². The summed E-state index contributed by atoms with van der Waals surface area (Å²) in [6.07, 6.45) is 5.16. The van der Waals surface area contributed by atoms with E-state index < -0.39 is 0 Å². The Morgan fingerprint density at radius 1 is 1.39 bits per heavy atom. The summed E-state index contributed by atoms with van der Waals surface area (Å²) in [4.78, 5) is 1.50. The lowest BCUT2D eigenvalue weighted by molar-refractivity contribution is 0.454. The molecule has 1 aliphatic rings. The number of hydrogen-bond acceptors (Lipinski definition) is 2. The van der Waals surface area contributed by atoms with Gasteiger partial charge in [-0.1, -0.05) is 31.9 Å². The molecule has 2 heteroatoms. The molecule has 1 N–H and O–H groups in total. The highest BCUT2D eigenvalue weighted by molar-refractivity contribution is 7.99. The molecule has 1 heterocycles. The topological polar surface area (TPSA) is 12.0 Å². The quantitative estimate of drug-likeness (QED) is 0.825. The van der Waals surface area contributed by atoms with Gasteiger partial charge in [-0.15, -0.1) is 11.8 Å². The summed E-state index contributed by atoms with van der Waals surface area (Å²) >= 11 is 2.00. The van der Waals surface area contributed by atoms with Crippen LogP contribution in [0.3, 0.4) is 0 Å². The van der Waals surface area contributed by atoms with Crippen LogP contribution in [-0.4, -0.2) is 18.8 Å². The van der Waals surface area contributed by atoms with Crippen molar-refractivity contribution in [2.24, 2.45) is 0 Å². The molecule has 0 saturated heterocycles. The minimum absolute atomic E-state index is 0.559. The average molecular weight is 263 g/mol. The van der Waals surface area contributed by atoms with Crippen LogP contribution >= 0.6 is 11.8 Å². The second kappa shape index (κ2) is 6.63. The van der Waals surface area contributed by atoms with Crippen LogP contribution in [0.5, 0.6) is 0 Å². The lowest BCUT2D eigenvalue weighted by atomic mass is 9.87. The minimum atomic E-state index is 0.559. The van der Waals surface area contributed by atoms with Crippen LogP contribution in [0.4, 0.5) is 0 Å². The standard InChI is InChI=1S/C16H25NS/c1-4-5-6-15(12(2)17-3)13-7-8-16-14(11-13)9-10-18-16/h7-8,11-12,15,17H,4-6,9-10H2,1-3H3. The Bertz CT molecular complexity index is 389. The molecule has 0 aliphatic carbocycles. The van der Waals surface area contributed by atoms with Gasteiger partial charge in [-0.2, -0.15) is 0 Å². The maximum absolute atomic E-state index is 3.43. The van der Waals surface area contributed by atoms with Gasteiger partial charge in [-0.3, -0.25) is 0 Å². The number of rotatable bonds is 6. The maximum atomic E-state index is 3.43. The van der Waals surface area contributed by atoms with Crippen molar-refractivity contribution in [2.45, 2.75) is 56.4 Å². The van der Waals surface area contributed by atoms with E-state index in [4.69, 9.17) is 0 Å². The van der Waals surface area contributed by atoms with Gasteiger partial charge >= 0.3 is 0 Å². The largest absolute Gasteiger partial charge is 0.317 e. The van der Waals surface area contributed by atoms with Crippen molar-refractivity contribution in [1.29, 1.82) is 0 Å². The molecule has 0 radical (unpaired) electrons. The highest BCUT2D eigenvalue weighted by Crippen LogP contribution is 2.35.